The number of rotatable bonds is 4. The zero-order chi connectivity index (χ0) is 14.9. The van der Waals surface area contributed by atoms with Gasteiger partial charge in [-0.25, -0.2) is 4.98 Å². The number of ketones is 1. The molecule has 0 radical (unpaired) electrons. The van der Waals surface area contributed by atoms with Crippen molar-refractivity contribution in [2.45, 2.75) is 20.8 Å². The average molecular weight is 309 g/mol. The minimum Gasteiger partial charge on any atom is -0.755 e. The molecule has 1 atom stereocenters. The van der Waals surface area contributed by atoms with Crippen molar-refractivity contribution in [3.63, 3.8) is 0 Å². The third kappa shape index (κ3) is 2.95. The minimum absolute atomic E-state index is 0.176. The monoisotopic (exact) mass is 309 g/mol. The van der Waals surface area contributed by atoms with Crippen LogP contribution in [-0.2, 0) is 11.3 Å². The molecule has 7 heteroatoms. The highest BCUT2D eigenvalue weighted by Crippen LogP contribution is 2.35. The minimum atomic E-state index is -2.48. The van der Waals surface area contributed by atoms with Crippen molar-refractivity contribution < 1.29 is 13.6 Å². The van der Waals surface area contributed by atoms with Crippen LogP contribution in [0.3, 0.4) is 0 Å². The molecule has 5 nitrogen and oxygen atoms in total. The van der Waals surface area contributed by atoms with Crippen molar-refractivity contribution in [1.82, 2.24) is 4.98 Å². The maximum absolute atomic E-state index is 11.5. The van der Waals surface area contributed by atoms with Crippen LogP contribution in [0.25, 0.3) is 0 Å². The van der Waals surface area contributed by atoms with E-state index < -0.39 is 11.3 Å². The molecule has 1 heterocycles. The van der Waals surface area contributed by atoms with Gasteiger partial charge in [-0.3, -0.25) is 13.3 Å². The summed E-state index contributed by atoms with van der Waals surface area (Å²) in [6.07, 6.45) is 0. The standard InChI is InChI=1S/C13H14N2O3S2/c1-8-4-6-11(7-5-8)15(20(17)18)13-9(2)14-12(19-13)10(3)16/h4-7H,1-3H3,(H,17,18)/p-1. The molecule has 0 N–H and O–H groups in total. The first-order valence-corrected chi connectivity index (χ1v) is 7.69. The fraction of sp³-hybridized carbons (Fsp3) is 0.231. The van der Waals surface area contributed by atoms with Crippen LogP contribution in [-0.4, -0.2) is 19.5 Å². The van der Waals surface area contributed by atoms with Gasteiger partial charge in [0.1, 0.15) is 5.00 Å². The van der Waals surface area contributed by atoms with Gasteiger partial charge in [0, 0.05) is 6.92 Å². The second-order valence-corrected chi connectivity index (χ2v) is 6.09. The zero-order valence-corrected chi connectivity index (χ0v) is 12.9. The number of hydrogen-bond acceptors (Lipinski definition) is 5. The number of nitrogens with zero attached hydrogens (tertiary/aromatic N) is 2. The van der Waals surface area contributed by atoms with Crippen molar-refractivity contribution in [2.75, 3.05) is 4.31 Å². The van der Waals surface area contributed by atoms with Gasteiger partial charge in [0.05, 0.1) is 22.6 Å². The number of benzene rings is 1. The van der Waals surface area contributed by atoms with E-state index in [4.69, 9.17) is 0 Å². The van der Waals surface area contributed by atoms with E-state index in [1.807, 2.05) is 19.1 Å². The molecule has 0 aliphatic carbocycles. The lowest BCUT2D eigenvalue weighted by Crippen LogP contribution is -2.19. The summed E-state index contributed by atoms with van der Waals surface area (Å²) in [6.45, 7) is 5.02. The van der Waals surface area contributed by atoms with Crippen molar-refractivity contribution in [2.24, 2.45) is 0 Å². The molecule has 20 heavy (non-hydrogen) atoms. The summed E-state index contributed by atoms with van der Waals surface area (Å²) in [7, 11) is 0. The maximum Gasteiger partial charge on any atom is 0.188 e. The summed E-state index contributed by atoms with van der Waals surface area (Å²) < 4.78 is 24.2. The molecule has 1 unspecified atom stereocenters. The molecule has 0 bridgehead atoms. The van der Waals surface area contributed by atoms with Crippen molar-refractivity contribution in [3.8, 4) is 0 Å². The van der Waals surface area contributed by atoms with E-state index in [0.29, 0.717) is 21.4 Å². The van der Waals surface area contributed by atoms with Gasteiger partial charge in [0.2, 0.25) is 0 Å². The summed E-state index contributed by atoms with van der Waals surface area (Å²) in [6, 6.07) is 7.10. The Morgan fingerprint density at radius 2 is 1.90 bits per heavy atom. The molecule has 1 aromatic carbocycles. The summed E-state index contributed by atoms with van der Waals surface area (Å²) in [5.74, 6) is -0.176. The van der Waals surface area contributed by atoms with Crippen molar-refractivity contribution >= 4 is 39.1 Å². The molecular formula is C13H13N2O3S2-. The van der Waals surface area contributed by atoms with Gasteiger partial charge in [0.25, 0.3) is 0 Å². The Morgan fingerprint density at radius 1 is 1.30 bits per heavy atom. The van der Waals surface area contributed by atoms with E-state index in [1.54, 1.807) is 19.1 Å². The van der Waals surface area contributed by atoms with Crippen LogP contribution in [0.4, 0.5) is 10.7 Å². The van der Waals surface area contributed by atoms with Crippen LogP contribution in [0.5, 0.6) is 0 Å². The lowest BCUT2D eigenvalue weighted by atomic mass is 10.2. The summed E-state index contributed by atoms with van der Waals surface area (Å²) in [4.78, 5) is 15.5. The molecule has 0 fully saturated rings. The van der Waals surface area contributed by atoms with Gasteiger partial charge in [-0.05, 0) is 26.0 Å². The Hall–Kier alpha value is -1.57. The van der Waals surface area contributed by atoms with Gasteiger partial charge in [-0.2, -0.15) is 0 Å². The predicted molar refractivity (Wildman–Crippen MR) is 79.1 cm³/mol. The second-order valence-electron chi connectivity index (χ2n) is 4.31. The van der Waals surface area contributed by atoms with Crippen molar-refractivity contribution in [3.05, 3.63) is 40.5 Å². The number of anilines is 2. The SMILES string of the molecule is CC(=O)c1nc(C)c(N(c2ccc(C)cc2)S(=O)[O-])s1. The molecule has 1 aromatic heterocycles. The quantitative estimate of drug-likeness (QED) is 0.643. The summed E-state index contributed by atoms with van der Waals surface area (Å²) >= 11 is -1.40. The average Bonchev–Trinajstić information content (AvgIpc) is 2.74. The van der Waals surface area contributed by atoms with Gasteiger partial charge >= 0.3 is 0 Å². The first-order chi connectivity index (χ1) is 9.40. The highest BCUT2D eigenvalue weighted by atomic mass is 32.2. The van der Waals surface area contributed by atoms with Crippen LogP contribution in [0.15, 0.2) is 24.3 Å². The Labute approximate surface area is 123 Å². The fourth-order valence-corrected chi connectivity index (χ4v) is 3.43. The lowest BCUT2D eigenvalue weighted by Gasteiger charge is -2.25. The zero-order valence-electron chi connectivity index (χ0n) is 11.2. The summed E-state index contributed by atoms with van der Waals surface area (Å²) in [5.41, 5.74) is 2.08. The number of Topliss-reactive ketones (excluding diaryl/α,β-unsaturated/α-hetero) is 1. The van der Waals surface area contributed by atoms with Gasteiger partial charge in [-0.1, -0.05) is 29.0 Å². The third-order valence-corrected chi connectivity index (χ3v) is 4.73. The van der Waals surface area contributed by atoms with Crippen LogP contribution in [0, 0.1) is 13.8 Å². The van der Waals surface area contributed by atoms with Gasteiger partial charge in [0.15, 0.2) is 10.8 Å². The van der Waals surface area contributed by atoms with E-state index in [-0.39, 0.29) is 5.78 Å². The number of hydrogen-bond donors (Lipinski definition) is 0. The van der Waals surface area contributed by atoms with Gasteiger partial charge in [-0.15, -0.1) is 0 Å². The molecule has 0 aliphatic rings. The number of aryl methyl sites for hydroxylation is 2. The van der Waals surface area contributed by atoms with Crippen LogP contribution in [0.2, 0.25) is 0 Å². The van der Waals surface area contributed by atoms with Crippen molar-refractivity contribution in [1.29, 1.82) is 0 Å². The topological polar surface area (TPSA) is 73.3 Å². The number of aromatic nitrogens is 1. The van der Waals surface area contributed by atoms with Crippen LogP contribution in [0.1, 0.15) is 28.0 Å². The van der Waals surface area contributed by atoms with E-state index in [9.17, 15) is 13.6 Å². The highest BCUT2D eigenvalue weighted by Gasteiger charge is 2.19. The molecule has 0 amide bonds. The lowest BCUT2D eigenvalue weighted by molar-refractivity contribution is 0.101. The van der Waals surface area contributed by atoms with E-state index in [0.717, 1.165) is 21.2 Å². The normalized spacial score (nSPS) is 12.2. The number of carbonyl (C=O) groups is 1. The van der Waals surface area contributed by atoms with E-state index in [2.05, 4.69) is 4.98 Å². The Morgan fingerprint density at radius 3 is 2.35 bits per heavy atom. The Balaban J connectivity index is 2.51. The van der Waals surface area contributed by atoms with Crippen LogP contribution >= 0.6 is 11.3 Å². The van der Waals surface area contributed by atoms with E-state index >= 15 is 0 Å². The first kappa shape index (κ1) is 14.8. The Kier molecular flexibility index (Phi) is 4.32. The smallest absolute Gasteiger partial charge is 0.188 e. The number of carbonyl (C=O) groups excluding carboxylic acids is 1. The molecule has 0 saturated heterocycles. The molecular weight excluding hydrogens is 296 g/mol. The molecule has 2 rings (SSSR count). The molecule has 2 aromatic rings. The largest absolute Gasteiger partial charge is 0.755 e. The van der Waals surface area contributed by atoms with Gasteiger partial charge < -0.3 is 4.55 Å². The predicted octanol–water partition coefficient (Wildman–Crippen LogP) is 2.89. The second kappa shape index (κ2) is 5.82. The Bertz CT molecular complexity index is 665. The molecule has 0 aliphatic heterocycles. The summed E-state index contributed by atoms with van der Waals surface area (Å²) in [5, 5.41) is 0.743. The highest BCUT2D eigenvalue weighted by molar-refractivity contribution is 7.81. The maximum atomic E-state index is 11.5. The molecule has 0 spiro atoms. The molecule has 106 valence electrons. The third-order valence-electron chi connectivity index (χ3n) is 2.68. The molecule has 0 saturated carbocycles. The van der Waals surface area contributed by atoms with E-state index in [1.165, 1.54) is 6.92 Å². The number of thiazole rings is 1. The van der Waals surface area contributed by atoms with Crippen LogP contribution < -0.4 is 4.31 Å². The fourth-order valence-electron chi connectivity index (χ4n) is 1.68. The first-order valence-electron chi connectivity index (χ1n) is 5.84.